The number of para-hydroxylation sites is 1. The lowest BCUT2D eigenvalue weighted by molar-refractivity contribution is -0.115. The molecule has 1 aromatic heterocycles. The van der Waals surface area contributed by atoms with Crippen LogP contribution >= 0.6 is 0 Å². The number of rotatable bonds is 6. The van der Waals surface area contributed by atoms with E-state index in [2.05, 4.69) is 22.2 Å². The van der Waals surface area contributed by atoms with Crippen LogP contribution in [0.3, 0.4) is 0 Å². The minimum atomic E-state index is 0.145. The van der Waals surface area contributed by atoms with E-state index in [0.29, 0.717) is 24.2 Å². The molecular weight excluding hydrogens is 298 g/mol. The SMILES string of the molecule is C=C(Nc1ccccc1)C1=C(NCc2ccncc2)CCCC1=O. The van der Waals surface area contributed by atoms with E-state index < -0.39 is 0 Å². The molecule has 0 radical (unpaired) electrons. The molecule has 0 fully saturated rings. The van der Waals surface area contributed by atoms with Gasteiger partial charge in [0.25, 0.3) is 0 Å². The fourth-order valence-corrected chi connectivity index (χ4v) is 2.84. The summed E-state index contributed by atoms with van der Waals surface area (Å²) in [5.74, 6) is 0.145. The molecule has 0 aliphatic heterocycles. The van der Waals surface area contributed by atoms with Gasteiger partial charge in [-0.05, 0) is 42.7 Å². The lowest BCUT2D eigenvalue weighted by Gasteiger charge is -2.23. The number of nitrogens with zero attached hydrogens (tertiary/aromatic N) is 1. The number of nitrogens with one attached hydrogen (secondary N) is 2. The summed E-state index contributed by atoms with van der Waals surface area (Å²) in [4.78, 5) is 16.5. The third kappa shape index (κ3) is 3.90. The van der Waals surface area contributed by atoms with E-state index in [0.717, 1.165) is 29.8 Å². The Bertz CT molecular complexity index is 751. The maximum atomic E-state index is 12.4. The Balaban J connectivity index is 1.78. The molecule has 0 saturated heterocycles. The molecule has 1 heterocycles. The number of hydrogen-bond acceptors (Lipinski definition) is 4. The first-order valence-electron chi connectivity index (χ1n) is 8.14. The first kappa shape index (κ1) is 16.0. The van der Waals surface area contributed by atoms with Gasteiger partial charge < -0.3 is 10.6 Å². The number of Topliss-reactive ketones (excluding diaryl/α,β-unsaturated/α-hetero) is 1. The topological polar surface area (TPSA) is 54.0 Å². The Morgan fingerprint density at radius 3 is 2.58 bits per heavy atom. The van der Waals surface area contributed by atoms with Crippen LogP contribution in [0.25, 0.3) is 0 Å². The molecule has 3 rings (SSSR count). The zero-order valence-corrected chi connectivity index (χ0v) is 13.6. The smallest absolute Gasteiger partial charge is 0.166 e. The van der Waals surface area contributed by atoms with Crippen molar-refractivity contribution in [3.63, 3.8) is 0 Å². The summed E-state index contributed by atoms with van der Waals surface area (Å²) in [7, 11) is 0. The summed E-state index contributed by atoms with van der Waals surface area (Å²) in [5.41, 5.74) is 4.39. The van der Waals surface area contributed by atoms with Crippen LogP contribution in [0.1, 0.15) is 24.8 Å². The molecule has 1 aliphatic carbocycles. The Morgan fingerprint density at radius 1 is 1.08 bits per heavy atom. The molecule has 0 saturated carbocycles. The molecule has 0 spiro atoms. The zero-order chi connectivity index (χ0) is 16.8. The maximum Gasteiger partial charge on any atom is 0.166 e. The number of hydrogen-bond donors (Lipinski definition) is 2. The Hall–Kier alpha value is -2.88. The fraction of sp³-hybridized carbons (Fsp3) is 0.200. The molecule has 4 nitrogen and oxygen atoms in total. The summed E-state index contributed by atoms with van der Waals surface area (Å²) >= 11 is 0. The Kier molecular flexibility index (Phi) is 5.06. The number of carbonyl (C=O) groups excluding carboxylic acids is 1. The van der Waals surface area contributed by atoms with E-state index in [1.165, 1.54) is 0 Å². The van der Waals surface area contributed by atoms with Crippen molar-refractivity contribution < 1.29 is 4.79 Å². The van der Waals surface area contributed by atoms with Gasteiger partial charge >= 0.3 is 0 Å². The van der Waals surface area contributed by atoms with E-state index in [1.54, 1.807) is 12.4 Å². The first-order chi connectivity index (χ1) is 11.7. The monoisotopic (exact) mass is 319 g/mol. The van der Waals surface area contributed by atoms with Crippen LogP contribution < -0.4 is 10.6 Å². The van der Waals surface area contributed by atoms with E-state index in [1.807, 2.05) is 42.5 Å². The number of allylic oxidation sites excluding steroid dienone is 2. The first-order valence-corrected chi connectivity index (χ1v) is 8.14. The normalized spacial score (nSPS) is 14.4. The van der Waals surface area contributed by atoms with Crippen molar-refractivity contribution in [2.24, 2.45) is 0 Å². The van der Waals surface area contributed by atoms with E-state index in [9.17, 15) is 4.79 Å². The van der Waals surface area contributed by atoms with Gasteiger partial charge in [-0.3, -0.25) is 9.78 Å². The number of aromatic nitrogens is 1. The predicted octanol–water partition coefficient (Wildman–Crippen LogP) is 3.80. The lowest BCUT2D eigenvalue weighted by atomic mass is 9.92. The zero-order valence-electron chi connectivity index (χ0n) is 13.6. The highest BCUT2D eigenvalue weighted by atomic mass is 16.1. The highest BCUT2D eigenvalue weighted by Crippen LogP contribution is 2.26. The van der Waals surface area contributed by atoms with Crippen LogP contribution in [0, 0.1) is 0 Å². The standard InChI is InChI=1S/C20H21N3O/c1-15(23-17-6-3-2-4-7-17)20-18(8-5-9-19(20)24)22-14-16-10-12-21-13-11-16/h2-4,6-7,10-13,22-23H,1,5,8-9,14H2. The molecule has 4 heteroatoms. The van der Waals surface area contributed by atoms with Gasteiger partial charge in [0.15, 0.2) is 5.78 Å². The summed E-state index contributed by atoms with van der Waals surface area (Å²) < 4.78 is 0. The predicted molar refractivity (Wildman–Crippen MR) is 96.2 cm³/mol. The Morgan fingerprint density at radius 2 is 1.83 bits per heavy atom. The fourth-order valence-electron chi connectivity index (χ4n) is 2.84. The molecule has 2 aromatic rings. The number of pyridine rings is 1. The van der Waals surface area contributed by atoms with Crippen LogP contribution in [0.4, 0.5) is 5.69 Å². The third-order valence-electron chi connectivity index (χ3n) is 4.04. The van der Waals surface area contributed by atoms with Crippen LogP contribution in [-0.2, 0) is 11.3 Å². The second-order valence-electron chi connectivity index (χ2n) is 5.81. The highest BCUT2D eigenvalue weighted by molar-refractivity contribution is 6.01. The molecule has 24 heavy (non-hydrogen) atoms. The number of carbonyl (C=O) groups is 1. The van der Waals surface area contributed by atoms with Crippen molar-refractivity contribution in [2.45, 2.75) is 25.8 Å². The molecule has 1 aliphatic rings. The van der Waals surface area contributed by atoms with Crippen molar-refractivity contribution in [1.82, 2.24) is 10.3 Å². The molecule has 1 aromatic carbocycles. The number of ketones is 1. The quantitative estimate of drug-likeness (QED) is 0.850. The summed E-state index contributed by atoms with van der Waals surface area (Å²) in [5, 5.41) is 6.66. The molecule has 0 bridgehead atoms. The van der Waals surface area contributed by atoms with E-state index in [4.69, 9.17) is 0 Å². The number of anilines is 1. The van der Waals surface area contributed by atoms with Gasteiger partial charge in [0, 0.05) is 42.4 Å². The summed E-state index contributed by atoms with van der Waals surface area (Å²) in [6.45, 7) is 4.76. The molecular formula is C20H21N3O. The van der Waals surface area contributed by atoms with Gasteiger partial charge in [-0.2, -0.15) is 0 Å². The molecule has 0 unspecified atom stereocenters. The van der Waals surface area contributed by atoms with E-state index in [-0.39, 0.29) is 5.78 Å². The van der Waals surface area contributed by atoms with Gasteiger partial charge in [-0.15, -0.1) is 0 Å². The van der Waals surface area contributed by atoms with Gasteiger partial charge in [-0.25, -0.2) is 0 Å². The van der Waals surface area contributed by atoms with Crippen molar-refractivity contribution >= 4 is 11.5 Å². The molecule has 0 amide bonds. The maximum absolute atomic E-state index is 12.4. The second-order valence-corrected chi connectivity index (χ2v) is 5.81. The van der Waals surface area contributed by atoms with Gasteiger partial charge in [0.2, 0.25) is 0 Å². The minimum absolute atomic E-state index is 0.145. The Labute approximate surface area is 142 Å². The van der Waals surface area contributed by atoms with Crippen LogP contribution in [-0.4, -0.2) is 10.8 Å². The molecule has 2 N–H and O–H groups in total. The van der Waals surface area contributed by atoms with Gasteiger partial charge in [-0.1, -0.05) is 24.8 Å². The van der Waals surface area contributed by atoms with Crippen molar-refractivity contribution in [3.8, 4) is 0 Å². The molecule has 122 valence electrons. The van der Waals surface area contributed by atoms with Gasteiger partial charge in [0.05, 0.1) is 5.57 Å². The van der Waals surface area contributed by atoms with Crippen LogP contribution in [0.5, 0.6) is 0 Å². The summed E-state index contributed by atoms with van der Waals surface area (Å²) in [6.07, 6.45) is 5.86. The average molecular weight is 319 g/mol. The minimum Gasteiger partial charge on any atom is -0.384 e. The number of benzene rings is 1. The van der Waals surface area contributed by atoms with E-state index >= 15 is 0 Å². The third-order valence-corrected chi connectivity index (χ3v) is 4.04. The second kappa shape index (κ2) is 7.59. The summed E-state index contributed by atoms with van der Waals surface area (Å²) in [6, 6.07) is 13.7. The van der Waals surface area contributed by atoms with Crippen molar-refractivity contribution in [2.75, 3.05) is 5.32 Å². The van der Waals surface area contributed by atoms with Crippen LogP contribution in [0.2, 0.25) is 0 Å². The van der Waals surface area contributed by atoms with Gasteiger partial charge in [0.1, 0.15) is 0 Å². The lowest BCUT2D eigenvalue weighted by Crippen LogP contribution is -2.24. The van der Waals surface area contributed by atoms with Crippen LogP contribution in [0.15, 0.2) is 78.4 Å². The average Bonchev–Trinajstić information content (AvgIpc) is 2.61. The van der Waals surface area contributed by atoms with Crippen molar-refractivity contribution in [1.29, 1.82) is 0 Å². The largest absolute Gasteiger partial charge is 0.384 e. The van der Waals surface area contributed by atoms with Crippen molar-refractivity contribution in [3.05, 3.63) is 84.0 Å². The molecule has 0 atom stereocenters. The highest BCUT2D eigenvalue weighted by Gasteiger charge is 2.22.